The number of anilines is 3. The van der Waals surface area contributed by atoms with E-state index < -0.39 is 0 Å². The van der Waals surface area contributed by atoms with Crippen molar-refractivity contribution in [1.82, 2.24) is 0 Å². The van der Waals surface area contributed by atoms with E-state index in [1.165, 1.54) is 51.5 Å². The summed E-state index contributed by atoms with van der Waals surface area (Å²) >= 11 is 3.71. The maximum absolute atomic E-state index is 7.03. The molecule has 0 aliphatic carbocycles. The molecule has 272 valence electrons. The highest BCUT2D eigenvalue weighted by Gasteiger charge is 2.24. The lowest BCUT2D eigenvalue weighted by Crippen LogP contribution is -2.10. The Morgan fingerprint density at radius 1 is 0.345 bits per heavy atom. The lowest BCUT2D eigenvalue weighted by molar-refractivity contribution is 0.670. The molecule has 12 aromatic rings. The van der Waals surface area contributed by atoms with Gasteiger partial charge in [-0.3, -0.25) is 0 Å². The Kier molecular flexibility index (Phi) is 7.62. The summed E-state index contributed by atoms with van der Waals surface area (Å²) in [6.07, 6.45) is 0. The van der Waals surface area contributed by atoms with Gasteiger partial charge in [-0.15, -0.1) is 22.7 Å². The molecule has 0 radical (unpaired) electrons. The van der Waals surface area contributed by atoms with E-state index in [1.54, 1.807) is 0 Å². The summed E-state index contributed by atoms with van der Waals surface area (Å²) in [4.78, 5) is 2.45. The minimum absolute atomic E-state index is 0.868. The van der Waals surface area contributed by atoms with Gasteiger partial charge in [-0.1, -0.05) is 133 Å². The van der Waals surface area contributed by atoms with Crippen LogP contribution in [0.3, 0.4) is 0 Å². The Labute approximate surface area is 343 Å². The molecule has 0 amide bonds. The van der Waals surface area contributed by atoms with Crippen LogP contribution in [0.25, 0.3) is 95.7 Å². The molecule has 9 aromatic carbocycles. The normalized spacial score (nSPS) is 11.8. The van der Waals surface area contributed by atoms with Gasteiger partial charge in [0, 0.05) is 62.7 Å². The van der Waals surface area contributed by atoms with E-state index in [0.717, 1.165) is 61.3 Å². The molecular formula is C54H33NOS2. The van der Waals surface area contributed by atoms with Crippen molar-refractivity contribution in [2.24, 2.45) is 0 Å². The molecule has 0 bridgehead atoms. The second-order valence-electron chi connectivity index (χ2n) is 14.8. The summed E-state index contributed by atoms with van der Waals surface area (Å²) in [6, 6.07) is 72.6. The predicted octanol–water partition coefficient (Wildman–Crippen LogP) is 16.8. The molecule has 3 aromatic heterocycles. The fraction of sp³-hybridized carbons (Fsp3) is 0. The molecule has 0 spiro atoms. The van der Waals surface area contributed by atoms with E-state index >= 15 is 0 Å². The van der Waals surface area contributed by atoms with Crippen molar-refractivity contribution in [3.8, 4) is 33.4 Å². The number of benzene rings is 9. The fourth-order valence-corrected chi connectivity index (χ4v) is 11.0. The highest BCUT2D eigenvalue weighted by molar-refractivity contribution is 7.26. The molecule has 0 aliphatic rings. The number of hydrogen-bond acceptors (Lipinski definition) is 4. The van der Waals surface area contributed by atoms with Gasteiger partial charge in [0.25, 0.3) is 0 Å². The van der Waals surface area contributed by atoms with Crippen LogP contribution >= 0.6 is 22.7 Å². The summed E-state index contributed by atoms with van der Waals surface area (Å²) in [6.45, 7) is 0. The third kappa shape index (κ3) is 5.30. The predicted molar refractivity (Wildman–Crippen MR) is 250 cm³/mol. The number of rotatable bonds is 6. The quantitative estimate of drug-likeness (QED) is 0.167. The smallest absolute Gasteiger partial charge is 0.145 e. The molecule has 0 fully saturated rings. The van der Waals surface area contributed by atoms with Crippen molar-refractivity contribution < 1.29 is 4.42 Å². The van der Waals surface area contributed by atoms with Crippen molar-refractivity contribution in [1.29, 1.82) is 0 Å². The number of thiophene rings is 2. The molecule has 0 unspecified atom stereocenters. The Morgan fingerprint density at radius 3 is 1.78 bits per heavy atom. The van der Waals surface area contributed by atoms with E-state index in [0.29, 0.717) is 0 Å². The molecule has 0 saturated carbocycles. The van der Waals surface area contributed by atoms with Crippen LogP contribution in [0.4, 0.5) is 17.1 Å². The van der Waals surface area contributed by atoms with Crippen LogP contribution in [0.15, 0.2) is 205 Å². The molecule has 12 rings (SSSR count). The van der Waals surface area contributed by atoms with Crippen LogP contribution in [0, 0.1) is 0 Å². The van der Waals surface area contributed by atoms with Crippen LogP contribution in [0.1, 0.15) is 0 Å². The first-order valence-electron chi connectivity index (χ1n) is 19.6. The fourth-order valence-electron chi connectivity index (χ4n) is 8.80. The van der Waals surface area contributed by atoms with Crippen molar-refractivity contribution >= 4 is 102 Å². The number of fused-ring (bicyclic) bond motifs is 9. The molecule has 58 heavy (non-hydrogen) atoms. The second-order valence-corrected chi connectivity index (χ2v) is 17.0. The van der Waals surface area contributed by atoms with Gasteiger partial charge >= 0.3 is 0 Å². The molecule has 0 atom stereocenters. The number of furan rings is 1. The van der Waals surface area contributed by atoms with Crippen molar-refractivity contribution in [3.05, 3.63) is 200 Å². The molecule has 2 nitrogen and oxygen atoms in total. The van der Waals surface area contributed by atoms with Crippen LogP contribution in [-0.4, -0.2) is 0 Å². The van der Waals surface area contributed by atoms with Gasteiger partial charge in [0.2, 0.25) is 0 Å². The van der Waals surface area contributed by atoms with Crippen LogP contribution in [0.2, 0.25) is 0 Å². The summed E-state index contributed by atoms with van der Waals surface area (Å²) in [5, 5.41) is 7.30. The van der Waals surface area contributed by atoms with E-state index in [1.807, 2.05) is 22.7 Å². The monoisotopic (exact) mass is 775 g/mol. The van der Waals surface area contributed by atoms with Crippen LogP contribution in [0.5, 0.6) is 0 Å². The highest BCUT2D eigenvalue weighted by Crippen LogP contribution is 2.49. The zero-order valence-corrected chi connectivity index (χ0v) is 32.9. The van der Waals surface area contributed by atoms with Crippen LogP contribution < -0.4 is 4.90 Å². The number of nitrogens with zero attached hydrogens (tertiary/aromatic N) is 1. The van der Waals surface area contributed by atoms with Gasteiger partial charge in [-0.05, 0) is 94.5 Å². The molecular weight excluding hydrogens is 743 g/mol. The number of hydrogen-bond donors (Lipinski definition) is 0. The van der Waals surface area contributed by atoms with E-state index in [2.05, 4.69) is 205 Å². The highest BCUT2D eigenvalue weighted by atomic mass is 32.1. The zero-order valence-electron chi connectivity index (χ0n) is 31.2. The summed E-state index contributed by atoms with van der Waals surface area (Å²) in [5.74, 6) is 0. The SMILES string of the molecule is c1ccc(-c2ccc3c(c2)oc2c(-c4ccccc4)ccc(N(c4ccc5c(c4)sc4ccccc45)c4ccc5sc6cccc(-c7ccccc7)c6c5c4)c23)cc1. The maximum Gasteiger partial charge on any atom is 0.145 e. The zero-order chi connectivity index (χ0) is 38.2. The first kappa shape index (κ1) is 33.2. The minimum atomic E-state index is 0.868. The van der Waals surface area contributed by atoms with Crippen molar-refractivity contribution in [2.45, 2.75) is 0 Å². The van der Waals surface area contributed by atoms with Gasteiger partial charge in [0.1, 0.15) is 11.2 Å². The molecule has 0 saturated heterocycles. The molecule has 3 heterocycles. The Bertz CT molecular complexity index is 3510. The maximum atomic E-state index is 7.03. The lowest BCUT2D eigenvalue weighted by atomic mass is 9.98. The largest absolute Gasteiger partial charge is 0.455 e. The first-order chi connectivity index (χ1) is 28.7. The molecule has 0 aliphatic heterocycles. The van der Waals surface area contributed by atoms with Crippen molar-refractivity contribution in [3.63, 3.8) is 0 Å². The lowest BCUT2D eigenvalue weighted by Gasteiger charge is -2.27. The van der Waals surface area contributed by atoms with Gasteiger partial charge < -0.3 is 9.32 Å². The van der Waals surface area contributed by atoms with Crippen LogP contribution in [-0.2, 0) is 0 Å². The van der Waals surface area contributed by atoms with Gasteiger partial charge in [-0.2, -0.15) is 0 Å². The van der Waals surface area contributed by atoms with Gasteiger partial charge in [-0.25, -0.2) is 0 Å². The standard InChI is InChI=1S/C54H33NOS2/c1-4-13-34(14-5-1)37-23-26-44-47(31-37)56-54-41(36-17-8-3-9-18-36)28-29-46(53(44)54)55(39-24-27-43-42-19-10-11-21-48(42)58-51(43)33-39)38-25-30-49-45(32-38)52-40(20-12-22-50(52)57-49)35-15-6-2-7-16-35/h1-33H. The van der Waals surface area contributed by atoms with Gasteiger partial charge in [0.15, 0.2) is 0 Å². The third-order valence-corrected chi connectivity index (χ3v) is 13.7. The summed E-state index contributed by atoms with van der Waals surface area (Å²) < 4.78 is 12.2. The van der Waals surface area contributed by atoms with E-state index in [4.69, 9.17) is 4.42 Å². The molecule has 0 N–H and O–H groups in total. The summed E-state index contributed by atoms with van der Waals surface area (Å²) in [7, 11) is 0. The molecule has 4 heteroatoms. The summed E-state index contributed by atoms with van der Waals surface area (Å²) in [5.41, 5.74) is 12.0. The Morgan fingerprint density at radius 2 is 0.966 bits per heavy atom. The van der Waals surface area contributed by atoms with Crippen molar-refractivity contribution in [2.75, 3.05) is 4.90 Å². The van der Waals surface area contributed by atoms with E-state index in [-0.39, 0.29) is 0 Å². The average Bonchev–Trinajstić information content (AvgIpc) is 3.98. The third-order valence-electron chi connectivity index (χ3n) is 11.5. The van der Waals surface area contributed by atoms with E-state index in [9.17, 15) is 0 Å². The minimum Gasteiger partial charge on any atom is -0.455 e. The first-order valence-corrected chi connectivity index (χ1v) is 21.2. The second kappa shape index (κ2) is 13.3. The topological polar surface area (TPSA) is 16.4 Å². The average molecular weight is 776 g/mol. The Balaban J connectivity index is 1.15. The van der Waals surface area contributed by atoms with Gasteiger partial charge in [0.05, 0.1) is 11.1 Å². The Hall–Kier alpha value is -6.98.